The van der Waals surface area contributed by atoms with E-state index in [0.29, 0.717) is 28.6 Å². The molecule has 0 aliphatic carbocycles. The molecule has 162 valence electrons. The Morgan fingerprint density at radius 2 is 1.50 bits per heavy atom. The number of aromatic nitrogens is 1. The molecule has 4 aromatic rings. The van der Waals surface area contributed by atoms with Crippen molar-refractivity contribution in [3.05, 3.63) is 73.1 Å². The summed E-state index contributed by atoms with van der Waals surface area (Å²) in [5.41, 5.74) is 3.34. The second kappa shape index (κ2) is 9.26. The number of pyridine rings is 1. The monoisotopic (exact) mass is 429 g/mol. The van der Waals surface area contributed by atoms with Gasteiger partial charge in [0, 0.05) is 35.6 Å². The molecule has 0 unspecified atom stereocenters. The first-order chi connectivity index (χ1) is 15.6. The number of amides is 2. The zero-order valence-corrected chi connectivity index (χ0v) is 18.0. The fraction of sp³-hybridized carbons (Fsp3) is 0.120. The van der Waals surface area contributed by atoms with Gasteiger partial charge in [0.1, 0.15) is 0 Å². The number of benzene rings is 3. The molecule has 32 heavy (non-hydrogen) atoms. The second-order valence-corrected chi connectivity index (χ2v) is 6.97. The average molecular weight is 429 g/mol. The van der Waals surface area contributed by atoms with E-state index in [9.17, 15) is 4.79 Å². The lowest BCUT2D eigenvalue weighted by molar-refractivity contribution is 0.262. The molecule has 2 amide bonds. The fourth-order valence-corrected chi connectivity index (χ4v) is 3.55. The lowest BCUT2D eigenvalue weighted by Crippen LogP contribution is -2.19. The van der Waals surface area contributed by atoms with Crippen LogP contribution in [0.15, 0.2) is 73.1 Å². The molecule has 7 heteroatoms. The number of fused-ring (bicyclic) bond motifs is 1. The van der Waals surface area contributed by atoms with Crippen molar-refractivity contribution in [1.29, 1.82) is 0 Å². The summed E-state index contributed by atoms with van der Waals surface area (Å²) in [7, 11) is 4.57. The highest BCUT2D eigenvalue weighted by Gasteiger charge is 2.14. The van der Waals surface area contributed by atoms with Gasteiger partial charge in [-0.2, -0.15) is 0 Å². The van der Waals surface area contributed by atoms with Gasteiger partial charge >= 0.3 is 6.03 Å². The van der Waals surface area contributed by atoms with E-state index in [4.69, 9.17) is 14.2 Å². The lowest BCUT2D eigenvalue weighted by atomic mass is 9.99. The summed E-state index contributed by atoms with van der Waals surface area (Å²) in [5, 5.41) is 7.83. The van der Waals surface area contributed by atoms with Crippen LogP contribution < -0.4 is 24.8 Å². The normalized spacial score (nSPS) is 10.5. The van der Waals surface area contributed by atoms with Crippen LogP contribution in [0.1, 0.15) is 0 Å². The number of nitrogens with one attached hydrogen (secondary N) is 2. The molecule has 4 rings (SSSR count). The lowest BCUT2D eigenvalue weighted by Gasteiger charge is -2.15. The molecule has 3 aromatic carbocycles. The summed E-state index contributed by atoms with van der Waals surface area (Å²) < 4.78 is 16.0. The summed E-state index contributed by atoms with van der Waals surface area (Å²) in [4.78, 5) is 16.7. The number of rotatable bonds is 6. The third-order valence-electron chi connectivity index (χ3n) is 5.06. The van der Waals surface area contributed by atoms with Gasteiger partial charge in [0.2, 0.25) is 5.75 Å². The zero-order chi connectivity index (χ0) is 22.5. The maximum Gasteiger partial charge on any atom is 0.323 e. The molecule has 0 radical (unpaired) electrons. The Hall–Kier alpha value is -4.26. The number of urea groups is 1. The van der Waals surface area contributed by atoms with Gasteiger partial charge in [-0.1, -0.05) is 30.3 Å². The highest BCUT2D eigenvalue weighted by molar-refractivity contribution is 6.01. The zero-order valence-electron chi connectivity index (χ0n) is 18.0. The van der Waals surface area contributed by atoms with Crippen LogP contribution >= 0.6 is 0 Å². The molecule has 0 bridgehead atoms. The minimum Gasteiger partial charge on any atom is -0.493 e. The predicted octanol–water partition coefficient (Wildman–Crippen LogP) is 5.57. The molecule has 0 fully saturated rings. The minimum atomic E-state index is -0.386. The van der Waals surface area contributed by atoms with Gasteiger partial charge in [-0.05, 0) is 34.7 Å². The van der Waals surface area contributed by atoms with Crippen LogP contribution in [0, 0.1) is 0 Å². The maximum absolute atomic E-state index is 12.5. The summed E-state index contributed by atoms with van der Waals surface area (Å²) >= 11 is 0. The quantitative estimate of drug-likeness (QED) is 0.419. The molecule has 1 heterocycles. The first kappa shape index (κ1) is 21.0. The van der Waals surface area contributed by atoms with Crippen molar-refractivity contribution in [1.82, 2.24) is 4.98 Å². The molecule has 0 aliphatic rings. The van der Waals surface area contributed by atoms with E-state index in [1.165, 1.54) is 21.3 Å². The average Bonchev–Trinajstić information content (AvgIpc) is 2.83. The van der Waals surface area contributed by atoms with Crippen LogP contribution in [0.3, 0.4) is 0 Å². The van der Waals surface area contributed by atoms with Crippen LogP contribution in [0.5, 0.6) is 17.2 Å². The number of anilines is 2. The van der Waals surface area contributed by atoms with Crippen molar-refractivity contribution in [2.24, 2.45) is 0 Å². The number of nitrogens with zero attached hydrogens (tertiary/aromatic N) is 1. The van der Waals surface area contributed by atoms with Gasteiger partial charge < -0.3 is 24.8 Å². The van der Waals surface area contributed by atoms with E-state index in [1.54, 1.807) is 18.3 Å². The molecular formula is C25H23N3O4. The Balaban J connectivity index is 1.50. The van der Waals surface area contributed by atoms with E-state index < -0.39 is 0 Å². The van der Waals surface area contributed by atoms with Crippen LogP contribution in [0.2, 0.25) is 0 Å². The molecule has 7 nitrogen and oxygen atoms in total. The van der Waals surface area contributed by atoms with E-state index in [-0.39, 0.29) is 6.03 Å². The van der Waals surface area contributed by atoms with Crippen molar-refractivity contribution in [2.45, 2.75) is 0 Å². The van der Waals surface area contributed by atoms with E-state index in [0.717, 1.165) is 21.9 Å². The molecule has 2 N–H and O–H groups in total. The van der Waals surface area contributed by atoms with Crippen LogP contribution in [-0.2, 0) is 0 Å². The number of carbonyl (C=O) groups excluding carboxylic acids is 1. The Labute approximate surface area is 186 Å². The number of carbonyl (C=O) groups is 1. The van der Waals surface area contributed by atoms with Crippen molar-refractivity contribution in [2.75, 3.05) is 32.0 Å². The standard InChI is InChI=1S/C25H23N3O4/c1-30-22-13-19(14-23(31-2)24(22)32-3)28-25(29)27-18-9-7-16(8-10-18)20-6-4-5-17-15-26-12-11-21(17)20/h4-15H,1-3H3,(H2,27,28,29). The van der Waals surface area contributed by atoms with Crippen molar-refractivity contribution < 1.29 is 19.0 Å². The predicted molar refractivity (Wildman–Crippen MR) is 126 cm³/mol. The number of hydrogen-bond donors (Lipinski definition) is 2. The van der Waals surface area contributed by atoms with Gasteiger partial charge in [0.05, 0.1) is 27.0 Å². The number of ether oxygens (including phenoxy) is 3. The largest absolute Gasteiger partial charge is 0.493 e. The highest BCUT2D eigenvalue weighted by atomic mass is 16.5. The summed E-state index contributed by atoms with van der Waals surface area (Å²) in [6, 6.07) is 18.7. The Bertz CT molecular complexity index is 1230. The van der Waals surface area contributed by atoms with Crippen molar-refractivity contribution in [3.8, 4) is 28.4 Å². The second-order valence-electron chi connectivity index (χ2n) is 6.97. The molecular weight excluding hydrogens is 406 g/mol. The molecule has 1 aromatic heterocycles. The van der Waals surface area contributed by atoms with Gasteiger partial charge in [-0.15, -0.1) is 0 Å². The number of methoxy groups -OCH3 is 3. The molecule has 0 saturated carbocycles. The fourth-order valence-electron chi connectivity index (χ4n) is 3.55. The molecule has 0 saturated heterocycles. The van der Waals surface area contributed by atoms with Gasteiger partial charge in [-0.3, -0.25) is 4.98 Å². The van der Waals surface area contributed by atoms with E-state index in [1.807, 2.05) is 48.7 Å². The minimum absolute atomic E-state index is 0.386. The molecule has 0 atom stereocenters. The summed E-state index contributed by atoms with van der Waals surface area (Å²) in [5.74, 6) is 1.37. The SMILES string of the molecule is COc1cc(NC(=O)Nc2ccc(-c3cccc4cnccc34)cc2)cc(OC)c1OC. The topological polar surface area (TPSA) is 81.7 Å². The summed E-state index contributed by atoms with van der Waals surface area (Å²) in [6.45, 7) is 0. The van der Waals surface area contributed by atoms with E-state index in [2.05, 4.69) is 21.7 Å². The van der Waals surface area contributed by atoms with Gasteiger partial charge in [0.15, 0.2) is 11.5 Å². The van der Waals surface area contributed by atoms with E-state index >= 15 is 0 Å². The smallest absolute Gasteiger partial charge is 0.323 e. The third kappa shape index (κ3) is 4.27. The maximum atomic E-state index is 12.5. The first-order valence-corrected chi connectivity index (χ1v) is 9.94. The Morgan fingerprint density at radius 3 is 2.16 bits per heavy atom. The van der Waals surface area contributed by atoms with Crippen LogP contribution in [-0.4, -0.2) is 32.3 Å². The Kier molecular flexibility index (Phi) is 6.07. The molecule has 0 aliphatic heterocycles. The molecule has 0 spiro atoms. The summed E-state index contributed by atoms with van der Waals surface area (Å²) in [6.07, 6.45) is 3.64. The highest BCUT2D eigenvalue weighted by Crippen LogP contribution is 2.40. The van der Waals surface area contributed by atoms with Crippen LogP contribution in [0.4, 0.5) is 16.2 Å². The van der Waals surface area contributed by atoms with Crippen LogP contribution in [0.25, 0.3) is 21.9 Å². The Morgan fingerprint density at radius 1 is 0.812 bits per heavy atom. The third-order valence-corrected chi connectivity index (χ3v) is 5.06. The number of hydrogen-bond acceptors (Lipinski definition) is 5. The van der Waals surface area contributed by atoms with Gasteiger partial charge in [-0.25, -0.2) is 4.79 Å². The van der Waals surface area contributed by atoms with Gasteiger partial charge in [0.25, 0.3) is 0 Å². The van der Waals surface area contributed by atoms with Crippen molar-refractivity contribution >= 4 is 28.2 Å². The first-order valence-electron chi connectivity index (χ1n) is 9.94. The van der Waals surface area contributed by atoms with Crippen molar-refractivity contribution in [3.63, 3.8) is 0 Å².